The Hall–Kier alpha value is -2.96. The number of para-hydroxylation sites is 1. The van der Waals surface area contributed by atoms with Crippen molar-refractivity contribution in [2.24, 2.45) is 0 Å². The van der Waals surface area contributed by atoms with E-state index in [1.54, 1.807) is 18.2 Å². The molecule has 0 spiro atoms. The number of furan rings is 1. The normalized spacial score (nSPS) is 11.5. The molecular formula is C19H16F3NO3. The summed E-state index contributed by atoms with van der Waals surface area (Å²) in [5, 5.41) is 3.62. The molecule has 0 bridgehead atoms. The predicted octanol–water partition coefficient (Wildman–Crippen LogP) is 4.61. The Morgan fingerprint density at radius 3 is 2.46 bits per heavy atom. The molecule has 0 fully saturated rings. The van der Waals surface area contributed by atoms with Crippen molar-refractivity contribution in [2.75, 3.05) is 6.61 Å². The van der Waals surface area contributed by atoms with Gasteiger partial charge in [0.2, 0.25) is 0 Å². The van der Waals surface area contributed by atoms with Gasteiger partial charge in [-0.1, -0.05) is 30.3 Å². The van der Waals surface area contributed by atoms with Crippen LogP contribution in [0.5, 0.6) is 5.75 Å². The van der Waals surface area contributed by atoms with E-state index in [9.17, 15) is 18.0 Å². The largest absolute Gasteiger partial charge is 0.484 e. The maximum Gasteiger partial charge on any atom is 0.422 e. The highest BCUT2D eigenvalue weighted by Crippen LogP contribution is 2.25. The lowest BCUT2D eigenvalue weighted by atomic mass is 10.1. The second kappa shape index (κ2) is 7.11. The first-order valence-corrected chi connectivity index (χ1v) is 7.88. The van der Waals surface area contributed by atoms with E-state index >= 15 is 0 Å². The highest BCUT2D eigenvalue weighted by molar-refractivity contribution is 5.98. The third kappa shape index (κ3) is 4.17. The van der Waals surface area contributed by atoms with Gasteiger partial charge >= 0.3 is 6.18 Å². The van der Waals surface area contributed by atoms with Gasteiger partial charge in [-0.15, -0.1) is 0 Å². The third-order valence-corrected chi connectivity index (χ3v) is 3.83. The van der Waals surface area contributed by atoms with E-state index in [-0.39, 0.29) is 24.0 Å². The molecule has 1 aromatic heterocycles. The van der Waals surface area contributed by atoms with Crippen LogP contribution < -0.4 is 10.1 Å². The molecule has 0 radical (unpaired) electrons. The quantitative estimate of drug-likeness (QED) is 0.720. The van der Waals surface area contributed by atoms with Crippen LogP contribution in [0.3, 0.4) is 0 Å². The molecule has 0 atom stereocenters. The van der Waals surface area contributed by atoms with Crippen molar-refractivity contribution in [3.63, 3.8) is 0 Å². The van der Waals surface area contributed by atoms with Gasteiger partial charge in [0, 0.05) is 17.5 Å². The minimum Gasteiger partial charge on any atom is -0.484 e. The van der Waals surface area contributed by atoms with E-state index in [4.69, 9.17) is 4.42 Å². The van der Waals surface area contributed by atoms with Crippen LogP contribution in [0.2, 0.25) is 0 Å². The van der Waals surface area contributed by atoms with Crippen molar-refractivity contribution >= 4 is 16.9 Å². The van der Waals surface area contributed by atoms with Crippen LogP contribution in [0, 0.1) is 6.92 Å². The topological polar surface area (TPSA) is 51.5 Å². The van der Waals surface area contributed by atoms with E-state index in [1.165, 1.54) is 12.1 Å². The van der Waals surface area contributed by atoms with Gasteiger partial charge < -0.3 is 14.5 Å². The van der Waals surface area contributed by atoms with Gasteiger partial charge in [0.15, 0.2) is 12.4 Å². The smallest absolute Gasteiger partial charge is 0.422 e. The molecule has 3 rings (SSSR count). The fraction of sp³-hybridized carbons (Fsp3) is 0.211. The maximum atomic E-state index is 12.3. The Balaban J connectivity index is 1.61. The molecule has 0 saturated heterocycles. The van der Waals surface area contributed by atoms with Crippen LogP contribution in [-0.2, 0) is 6.54 Å². The van der Waals surface area contributed by atoms with Crippen molar-refractivity contribution in [2.45, 2.75) is 19.6 Å². The lowest BCUT2D eigenvalue weighted by molar-refractivity contribution is -0.153. The molecule has 3 aromatic rings. The molecule has 0 aliphatic heterocycles. The number of benzene rings is 2. The summed E-state index contributed by atoms with van der Waals surface area (Å²) < 4.78 is 46.6. The van der Waals surface area contributed by atoms with Crippen LogP contribution in [0.15, 0.2) is 52.9 Å². The number of alkyl halides is 3. The first-order valence-electron chi connectivity index (χ1n) is 7.88. The molecule has 136 valence electrons. The van der Waals surface area contributed by atoms with Gasteiger partial charge in [0.1, 0.15) is 11.3 Å². The van der Waals surface area contributed by atoms with Crippen molar-refractivity contribution in [3.8, 4) is 5.75 Å². The first kappa shape index (κ1) is 17.8. The zero-order valence-corrected chi connectivity index (χ0v) is 13.9. The summed E-state index contributed by atoms with van der Waals surface area (Å²) in [7, 11) is 0. The molecule has 0 aliphatic carbocycles. The Morgan fingerprint density at radius 1 is 1.12 bits per heavy atom. The number of hydrogen-bond donors (Lipinski definition) is 1. The fourth-order valence-electron chi connectivity index (χ4n) is 2.52. The summed E-state index contributed by atoms with van der Waals surface area (Å²) in [4.78, 5) is 12.3. The summed E-state index contributed by atoms with van der Waals surface area (Å²) in [6.07, 6.45) is -4.38. The Kier molecular flexibility index (Phi) is 4.88. The van der Waals surface area contributed by atoms with Crippen LogP contribution >= 0.6 is 0 Å². The molecule has 4 nitrogen and oxygen atoms in total. The van der Waals surface area contributed by atoms with Crippen LogP contribution in [0.1, 0.15) is 21.7 Å². The highest BCUT2D eigenvalue weighted by atomic mass is 19.4. The Labute approximate surface area is 147 Å². The summed E-state index contributed by atoms with van der Waals surface area (Å²) >= 11 is 0. The summed E-state index contributed by atoms with van der Waals surface area (Å²) in [5.41, 5.74) is 2.13. The monoisotopic (exact) mass is 363 g/mol. The predicted molar refractivity (Wildman–Crippen MR) is 90.1 cm³/mol. The number of rotatable bonds is 5. The minimum absolute atomic E-state index is 0.116. The van der Waals surface area contributed by atoms with Gasteiger partial charge in [-0.2, -0.15) is 13.2 Å². The number of nitrogens with one attached hydrogen (secondary N) is 1. The molecule has 1 amide bonds. The molecule has 1 heterocycles. The zero-order chi connectivity index (χ0) is 18.7. The summed E-state index contributed by atoms with van der Waals surface area (Å²) in [6, 6.07) is 13.4. The van der Waals surface area contributed by atoms with Gasteiger partial charge in [-0.3, -0.25) is 4.79 Å². The number of hydrogen-bond acceptors (Lipinski definition) is 3. The van der Waals surface area contributed by atoms with Crippen LogP contribution in [0.4, 0.5) is 13.2 Å². The van der Waals surface area contributed by atoms with Crippen LogP contribution in [0.25, 0.3) is 11.0 Å². The van der Waals surface area contributed by atoms with Gasteiger partial charge in [-0.25, -0.2) is 0 Å². The second-order valence-corrected chi connectivity index (χ2v) is 5.78. The summed E-state index contributed by atoms with van der Waals surface area (Å²) in [6.45, 7) is 0.691. The average molecular weight is 363 g/mol. The van der Waals surface area contributed by atoms with E-state index in [2.05, 4.69) is 10.1 Å². The number of halogens is 3. The van der Waals surface area contributed by atoms with E-state index in [0.717, 1.165) is 16.5 Å². The number of ether oxygens (including phenoxy) is 1. The maximum absolute atomic E-state index is 12.3. The number of fused-ring (bicyclic) bond motifs is 1. The number of carbonyl (C=O) groups excluding carboxylic acids is 1. The van der Waals surface area contributed by atoms with Crippen LogP contribution in [-0.4, -0.2) is 18.7 Å². The number of amides is 1. The van der Waals surface area contributed by atoms with Crippen molar-refractivity contribution in [3.05, 3.63) is 65.4 Å². The molecular weight excluding hydrogens is 347 g/mol. The third-order valence-electron chi connectivity index (χ3n) is 3.83. The van der Waals surface area contributed by atoms with E-state index < -0.39 is 12.8 Å². The van der Waals surface area contributed by atoms with Crippen molar-refractivity contribution < 1.29 is 27.1 Å². The van der Waals surface area contributed by atoms with E-state index in [1.807, 2.05) is 25.1 Å². The first-order chi connectivity index (χ1) is 12.3. The molecule has 26 heavy (non-hydrogen) atoms. The Bertz CT molecular complexity index is 914. The van der Waals surface area contributed by atoms with Gasteiger partial charge in [-0.05, 0) is 30.7 Å². The molecule has 2 aromatic carbocycles. The number of carbonyl (C=O) groups is 1. The molecule has 7 heteroatoms. The van der Waals surface area contributed by atoms with E-state index in [0.29, 0.717) is 5.58 Å². The van der Waals surface area contributed by atoms with Gasteiger partial charge in [0.05, 0.1) is 0 Å². The molecule has 0 saturated carbocycles. The lowest BCUT2D eigenvalue weighted by Gasteiger charge is -2.10. The SMILES string of the molecule is Cc1c(C(=O)NCc2ccc(OCC(F)(F)F)cc2)oc2ccccc12. The minimum atomic E-state index is -4.38. The molecule has 1 N–H and O–H groups in total. The number of aryl methyl sites for hydroxylation is 1. The fourth-order valence-corrected chi connectivity index (χ4v) is 2.52. The van der Waals surface area contributed by atoms with Gasteiger partial charge in [0.25, 0.3) is 5.91 Å². The average Bonchev–Trinajstić information content (AvgIpc) is 2.95. The zero-order valence-electron chi connectivity index (χ0n) is 13.9. The molecule has 0 aliphatic rings. The molecule has 0 unspecified atom stereocenters. The standard InChI is InChI=1S/C19H16F3NO3/c1-12-15-4-2-3-5-16(15)26-17(12)18(24)23-10-13-6-8-14(9-7-13)25-11-19(20,21)22/h2-9H,10-11H2,1H3,(H,23,24). The highest BCUT2D eigenvalue weighted by Gasteiger charge is 2.28. The summed E-state index contributed by atoms with van der Waals surface area (Å²) in [5.74, 6) is 0.0120. The van der Waals surface area contributed by atoms with Crippen molar-refractivity contribution in [1.29, 1.82) is 0 Å². The second-order valence-electron chi connectivity index (χ2n) is 5.78. The Morgan fingerprint density at radius 2 is 1.81 bits per heavy atom. The van der Waals surface area contributed by atoms with Crippen molar-refractivity contribution in [1.82, 2.24) is 5.32 Å². The lowest BCUT2D eigenvalue weighted by Crippen LogP contribution is -2.23.